The van der Waals surface area contributed by atoms with Crippen LogP contribution in [-0.4, -0.2) is 58.0 Å². The zero-order chi connectivity index (χ0) is 27.5. The van der Waals surface area contributed by atoms with Gasteiger partial charge in [-0.05, 0) is 54.3 Å². The van der Waals surface area contributed by atoms with E-state index in [9.17, 15) is 18.3 Å². The monoisotopic (exact) mass is 539 g/mol. The normalized spacial score (nSPS) is 12.9. The summed E-state index contributed by atoms with van der Waals surface area (Å²) in [4.78, 5) is 13.2. The molecule has 0 bridgehead atoms. The van der Waals surface area contributed by atoms with Crippen molar-refractivity contribution in [3.63, 3.8) is 0 Å². The molecule has 0 saturated carbocycles. The third-order valence-electron chi connectivity index (χ3n) is 6.25. The van der Waals surface area contributed by atoms with E-state index >= 15 is 0 Å². The summed E-state index contributed by atoms with van der Waals surface area (Å²) in [6.45, 7) is 2.59. The molecule has 0 aromatic heterocycles. The molecule has 0 spiro atoms. The molecule has 2 atom stereocenters. The fraction of sp³-hybridized carbons (Fsp3) is 0.345. The zero-order valence-corrected chi connectivity index (χ0v) is 22.9. The Kier molecular flexibility index (Phi) is 10.7. The molecule has 0 aliphatic rings. The number of anilines is 1. The Labute approximate surface area is 225 Å². The number of rotatable bonds is 14. The van der Waals surface area contributed by atoms with E-state index in [1.54, 1.807) is 38.3 Å². The van der Waals surface area contributed by atoms with Gasteiger partial charge in [0.25, 0.3) is 5.91 Å². The topological polar surface area (TPSA) is 108 Å². The number of amides is 1. The maximum absolute atomic E-state index is 13.2. The van der Waals surface area contributed by atoms with Gasteiger partial charge in [0.1, 0.15) is 5.75 Å². The van der Waals surface area contributed by atoms with E-state index in [0.29, 0.717) is 30.6 Å². The minimum atomic E-state index is -3.48. The predicted molar refractivity (Wildman–Crippen MR) is 151 cm³/mol. The van der Waals surface area contributed by atoms with Crippen LogP contribution in [0.1, 0.15) is 34.8 Å². The van der Waals surface area contributed by atoms with Crippen molar-refractivity contribution >= 4 is 21.6 Å². The van der Waals surface area contributed by atoms with E-state index in [4.69, 9.17) is 4.74 Å². The van der Waals surface area contributed by atoms with Gasteiger partial charge in [0, 0.05) is 25.7 Å². The molecule has 9 heteroatoms. The number of carbonyl (C=O) groups excluding carboxylic acids is 1. The van der Waals surface area contributed by atoms with Gasteiger partial charge in [0.2, 0.25) is 10.0 Å². The average Bonchev–Trinajstić information content (AvgIpc) is 2.93. The van der Waals surface area contributed by atoms with Crippen LogP contribution in [0.2, 0.25) is 0 Å². The highest BCUT2D eigenvalue weighted by Crippen LogP contribution is 2.19. The number of sulfonamides is 1. The largest absolute Gasteiger partial charge is 0.497 e. The van der Waals surface area contributed by atoms with Crippen molar-refractivity contribution < 1.29 is 23.1 Å². The van der Waals surface area contributed by atoms with E-state index in [0.717, 1.165) is 16.9 Å². The van der Waals surface area contributed by atoms with E-state index in [1.807, 2.05) is 54.6 Å². The van der Waals surface area contributed by atoms with Gasteiger partial charge in [-0.2, -0.15) is 0 Å². The van der Waals surface area contributed by atoms with Crippen LogP contribution < -0.4 is 19.7 Å². The van der Waals surface area contributed by atoms with Crippen molar-refractivity contribution in [2.75, 3.05) is 30.8 Å². The molecule has 3 rings (SSSR count). The van der Waals surface area contributed by atoms with Crippen LogP contribution in [-0.2, 0) is 23.0 Å². The van der Waals surface area contributed by atoms with Crippen molar-refractivity contribution in [1.29, 1.82) is 0 Å². The van der Waals surface area contributed by atoms with Crippen molar-refractivity contribution in [3.8, 4) is 5.75 Å². The molecule has 0 radical (unpaired) electrons. The number of carbonyl (C=O) groups is 1. The molecule has 3 aromatic rings. The fourth-order valence-corrected chi connectivity index (χ4v) is 5.32. The quantitative estimate of drug-likeness (QED) is 0.290. The number of nitrogens with one attached hydrogen (secondary N) is 2. The molecular weight excluding hydrogens is 502 g/mol. The molecule has 3 N–H and O–H groups in total. The first-order chi connectivity index (χ1) is 18.2. The van der Waals surface area contributed by atoms with Gasteiger partial charge in [-0.3, -0.25) is 9.10 Å². The third-order valence-corrected chi connectivity index (χ3v) is 8.22. The van der Waals surface area contributed by atoms with Crippen molar-refractivity contribution in [3.05, 3.63) is 95.6 Å². The van der Waals surface area contributed by atoms with Gasteiger partial charge in [0.05, 0.1) is 30.7 Å². The summed E-state index contributed by atoms with van der Waals surface area (Å²) < 4.78 is 31.5. The summed E-state index contributed by atoms with van der Waals surface area (Å²) in [5.74, 6) is 0.393. The number of methoxy groups -OCH3 is 1. The Morgan fingerprint density at radius 3 is 2.42 bits per heavy atom. The van der Waals surface area contributed by atoms with Gasteiger partial charge in [-0.25, -0.2) is 8.42 Å². The van der Waals surface area contributed by atoms with Crippen LogP contribution >= 0.6 is 0 Å². The molecule has 0 fully saturated rings. The molecule has 0 aliphatic carbocycles. The molecule has 0 saturated heterocycles. The molecular formula is C29H37N3O5S. The van der Waals surface area contributed by atoms with E-state index in [2.05, 4.69) is 10.6 Å². The number of aliphatic hydroxyl groups excluding tert-OH is 1. The summed E-state index contributed by atoms with van der Waals surface area (Å²) in [6.07, 6.45) is 0.0529. The second kappa shape index (κ2) is 13.9. The summed E-state index contributed by atoms with van der Waals surface area (Å²) >= 11 is 0. The van der Waals surface area contributed by atoms with Crippen molar-refractivity contribution in [2.24, 2.45) is 0 Å². The van der Waals surface area contributed by atoms with Gasteiger partial charge in [-0.1, -0.05) is 55.5 Å². The average molecular weight is 540 g/mol. The van der Waals surface area contributed by atoms with E-state index in [-0.39, 0.29) is 18.2 Å². The van der Waals surface area contributed by atoms with E-state index < -0.39 is 22.2 Å². The molecule has 204 valence electrons. The Hall–Kier alpha value is -3.40. The molecule has 1 amide bonds. The lowest BCUT2D eigenvalue weighted by atomic mass is 10.00. The SMILES string of the molecule is CCCS(=O)(=O)N(C)c1cccc(C(=O)N[C@@H](Cc2ccccc2)[C@H](O)CNCc2cccc(OC)c2)c1. The van der Waals surface area contributed by atoms with Crippen LogP contribution in [0.4, 0.5) is 5.69 Å². The number of aliphatic hydroxyl groups is 1. The maximum Gasteiger partial charge on any atom is 0.251 e. The molecule has 3 aromatic carbocycles. The van der Waals surface area contributed by atoms with Gasteiger partial charge in [-0.15, -0.1) is 0 Å². The molecule has 8 nitrogen and oxygen atoms in total. The smallest absolute Gasteiger partial charge is 0.251 e. The van der Waals surface area contributed by atoms with E-state index in [1.165, 1.54) is 11.4 Å². The molecule has 38 heavy (non-hydrogen) atoms. The highest BCUT2D eigenvalue weighted by molar-refractivity contribution is 7.92. The first-order valence-corrected chi connectivity index (χ1v) is 14.3. The van der Waals surface area contributed by atoms with Crippen molar-refractivity contribution in [2.45, 2.75) is 38.5 Å². The summed E-state index contributed by atoms with van der Waals surface area (Å²) in [5.41, 5.74) is 2.71. The third kappa shape index (κ3) is 8.31. The number of nitrogens with zero attached hydrogens (tertiary/aromatic N) is 1. The standard InChI is InChI=1S/C29H37N3O5S/c1-4-16-38(35,36)32(2)25-14-9-13-24(19-25)29(34)31-27(18-22-10-6-5-7-11-22)28(33)21-30-20-23-12-8-15-26(17-23)37-3/h5-15,17,19,27-28,30,33H,4,16,18,20-21H2,1-3H3,(H,31,34)/t27-,28+/m0/s1. The highest BCUT2D eigenvalue weighted by atomic mass is 32.2. The second-order valence-electron chi connectivity index (χ2n) is 9.15. The fourth-order valence-electron chi connectivity index (χ4n) is 4.09. The van der Waals surface area contributed by atoms with Gasteiger partial charge >= 0.3 is 0 Å². The summed E-state index contributed by atoms with van der Waals surface area (Å²) in [7, 11) is -0.375. The Morgan fingerprint density at radius 2 is 1.71 bits per heavy atom. The van der Waals surface area contributed by atoms with Crippen LogP contribution in [0, 0.1) is 0 Å². The van der Waals surface area contributed by atoms with Crippen LogP contribution in [0.3, 0.4) is 0 Å². The Morgan fingerprint density at radius 1 is 1.00 bits per heavy atom. The van der Waals surface area contributed by atoms with Crippen molar-refractivity contribution in [1.82, 2.24) is 10.6 Å². The lowest BCUT2D eigenvalue weighted by molar-refractivity contribution is 0.0830. The zero-order valence-electron chi connectivity index (χ0n) is 22.1. The summed E-state index contributed by atoms with van der Waals surface area (Å²) in [5, 5.41) is 17.3. The van der Waals surface area contributed by atoms with Gasteiger partial charge < -0.3 is 20.5 Å². The lowest BCUT2D eigenvalue weighted by Gasteiger charge is -2.25. The number of ether oxygens (including phenoxy) is 1. The van der Waals surface area contributed by atoms with Crippen LogP contribution in [0.5, 0.6) is 5.75 Å². The molecule has 0 aliphatic heterocycles. The first-order valence-electron chi connectivity index (χ1n) is 12.7. The number of benzene rings is 3. The molecule has 0 unspecified atom stereocenters. The second-order valence-corrected chi connectivity index (χ2v) is 11.3. The number of hydrogen-bond donors (Lipinski definition) is 3. The number of hydrogen-bond acceptors (Lipinski definition) is 6. The highest BCUT2D eigenvalue weighted by Gasteiger charge is 2.23. The van der Waals surface area contributed by atoms with Gasteiger partial charge in [0.15, 0.2) is 0 Å². The lowest BCUT2D eigenvalue weighted by Crippen LogP contribution is -2.48. The van der Waals surface area contributed by atoms with Crippen LogP contribution in [0.15, 0.2) is 78.9 Å². The summed E-state index contributed by atoms with van der Waals surface area (Å²) in [6, 6.07) is 23.2. The Balaban J connectivity index is 1.72. The minimum Gasteiger partial charge on any atom is -0.497 e. The first kappa shape index (κ1) is 29.2. The maximum atomic E-state index is 13.2. The predicted octanol–water partition coefficient (Wildman–Crippen LogP) is 3.36. The molecule has 0 heterocycles. The Bertz CT molecular complexity index is 1280. The van der Waals surface area contributed by atoms with Crippen LogP contribution in [0.25, 0.3) is 0 Å². The minimum absolute atomic E-state index is 0.0219.